The van der Waals surface area contributed by atoms with Crippen molar-refractivity contribution in [2.75, 3.05) is 55.7 Å². The molecule has 1 aromatic rings. The Bertz CT molecular complexity index is 676. The zero-order valence-electron chi connectivity index (χ0n) is 17.4. The Kier molecular flexibility index (Phi) is 5.18. The topological polar surface area (TPSA) is 44.7 Å². The van der Waals surface area contributed by atoms with Gasteiger partial charge in [0.05, 0.1) is 12.2 Å². The van der Waals surface area contributed by atoms with Gasteiger partial charge in [-0.1, -0.05) is 12.8 Å². The molecule has 3 aliphatic heterocycles. The average Bonchev–Trinajstić information content (AvgIpc) is 3.41. The fourth-order valence-electron chi connectivity index (χ4n) is 5.72. The minimum Gasteiger partial charge on any atom is -0.372 e. The highest BCUT2D eigenvalue weighted by molar-refractivity contribution is 5.46. The van der Waals surface area contributed by atoms with E-state index in [4.69, 9.17) is 14.7 Å². The molecule has 0 N–H and O–H groups in total. The van der Waals surface area contributed by atoms with Crippen molar-refractivity contribution in [3.8, 4) is 0 Å². The molecule has 1 aliphatic carbocycles. The van der Waals surface area contributed by atoms with Crippen LogP contribution in [0.4, 0.5) is 11.8 Å². The van der Waals surface area contributed by atoms with E-state index in [0.29, 0.717) is 6.04 Å². The third-order valence-electron chi connectivity index (χ3n) is 7.32. The fourth-order valence-corrected chi connectivity index (χ4v) is 5.72. The molecule has 3 saturated heterocycles. The highest BCUT2D eigenvalue weighted by Crippen LogP contribution is 2.37. The average molecular weight is 386 g/mol. The Balaban J connectivity index is 1.22. The van der Waals surface area contributed by atoms with Crippen molar-refractivity contribution < 1.29 is 4.74 Å². The van der Waals surface area contributed by atoms with Crippen molar-refractivity contribution in [3.05, 3.63) is 11.8 Å². The number of aryl methyl sites for hydroxylation is 1. The van der Waals surface area contributed by atoms with Crippen LogP contribution in [0.3, 0.4) is 0 Å². The minimum atomic E-state index is 0.184. The van der Waals surface area contributed by atoms with Crippen LogP contribution in [0.15, 0.2) is 6.07 Å². The van der Waals surface area contributed by atoms with E-state index in [1.165, 1.54) is 51.4 Å². The van der Waals surface area contributed by atoms with Crippen LogP contribution in [0.25, 0.3) is 0 Å². The highest BCUT2D eigenvalue weighted by atomic mass is 16.5. The van der Waals surface area contributed by atoms with Gasteiger partial charge < -0.3 is 14.5 Å². The Hall–Kier alpha value is -1.40. The molecule has 1 spiro atoms. The van der Waals surface area contributed by atoms with Crippen molar-refractivity contribution in [2.45, 2.75) is 69.9 Å². The number of morpholine rings is 1. The van der Waals surface area contributed by atoms with E-state index in [1.54, 1.807) is 0 Å². The number of nitrogens with zero attached hydrogens (tertiary/aromatic N) is 5. The molecule has 6 heteroatoms. The second-order valence-electron chi connectivity index (χ2n) is 9.29. The molecule has 154 valence electrons. The number of aromatic nitrogens is 2. The van der Waals surface area contributed by atoms with E-state index >= 15 is 0 Å². The largest absolute Gasteiger partial charge is 0.372 e. The van der Waals surface area contributed by atoms with Crippen molar-refractivity contribution >= 4 is 11.8 Å². The molecule has 0 atom stereocenters. The lowest BCUT2D eigenvalue weighted by Gasteiger charge is -2.46. The second-order valence-corrected chi connectivity index (χ2v) is 9.29. The third kappa shape index (κ3) is 3.73. The van der Waals surface area contributed by atoms with Gasteiger partial charge in [0, 0.05) is 57.1 Å². The smallest absolute Gasteiger partial charge is 0.227 e. The molecule has 6 nitrogen and oxygen atoms in total. The normalized spacial score (nSPS) is 26.5. The molecule has 28 heavy (non-hydrogen) atoms. The first-order chi connectivity index (χ1) is 13.7. The molecular weight excluding hydrogens is 350 g/mol. The first-order valence-electron chi connectivity index (χ1n) is 11.4. The molecule has 1 aromatic heterocycles. The molecule has 4 fully saturated rings. The number of rotatable bonds is 3. The Labute approximate surface area is 169 Å². The van der Waals surface area contributed by atoms with Crippen molar-refractivity contribution in [2.24, 2.45) is 0 Å². The maximum atomic E-state index is 6.24. The minimum absolute atomic E-state index is 0.184. The number of hydrogen-bond donors (Lipinski definition) is 0. The first-order valence-corrected chi connectivity index (χ1v) is 11.4. The van der Waals surface area contributed by atoms with Crippen molar-refractivity contribution in [1.82, 2.24) is 14.9 Å². The fraction of sp³-hybridized carbons (Fsp3) is 0.818. The van der Waals surface area contributed by atoms with Gasteiger partial charge in [0.25, 0.3) is 0 Å². The van der Waals surface area contributed by atoms with E-state index in [0.717, 1.165) is 63.3 Å². The quantitative estimate of drug-likeness (QED) is 0.797. The maximum Gasteiger partial charge on any atom is 0.227 e. The van der Waals surface area contributed by atoms with Gasteiger partial charge in [0.2, 0.25) is 5.95 Å². The molecule has 0 bridgehead atoms. The van der Waals surface area contributed by atoms with Gasteiger partial charge in [0.15, 0.2) is 0 Å². The van der Waals surface area contributed by atoms with E-state index in [9.17, 15) is 0 Å². The van der Waals surface area contributed by atoms with Crippen LogP contribution in [0.2, 0.25) is 0 Å². The summed E-state index contributed by atoms with van der Waals surface area (Å²) < 4.78 is 6.24. The monoisotopic (exact) mass is 385 g/mol. The summed E-state index contributed by atoms with van der Waals surface area (Å²) in [6, 6.07) is 2.88. The van der Waals surface area contributed by atoms with Crippen LogP contribution < -0.4 is 9.80 Å². The highest BCUT2D eigenvalue weighted by Gasteiger charge is 2.41. The number of anilines is 2. The SMILES string of the molecule is Cc1cc(N2CCC(N3CCOC4(CCCC4)C3)CC2)nc(N2CCCC2)n1. The van der Waals surface area contributed by atoms with Gasteiger partial charge in [-0.05, 0) is 45.4 Å². The van der Waals surface area contributed by atoms with Crippen LogP contribution in [0.1, 0.15) is 57.1 Å². The summed E-state index contributed by atoms with van der Waals surface area (Å²) in [7, 11) is 0. The van der Waals surface area contributed by atoms with Crippen LogP contribution in [-0.4, -0.2) is 72.4 Å². The number of piperidine rings is 1. The number of ether oxygens (including phenoxy) is 1. The lowest BCUT2D eigenvalue weighted by Crippen LogP contribution is -2.56. The standard InChI is InChI=1S/C22H35N5O/c1-18-16-20(24-21(23-18)26-10-4-5-11-26)25-12-6-19(7-13-25)27-14-15-28-22(17-27)8-2-3-9-22/h16,19H,2-15,17H2,1H3. The van der Waals surface area contributed by atoms with Gasteiger partial charge in [0.1, 0.15) is 5.82 Å². The van der Waals surface area contributed by atoms with E-state index < -0.39 is 0 Å². The summed E-state index contributed by atoms with van der Waals surface area (Å²) in [5.41, 5.74) is 1.27. The van der Waals surface area contributed by atoms with Crippen molar-refractivity contribution in [1.29, 1.82) is 0 Å². The number of hydrogen-bond acceptors (Lipinski definition) is 6. The van der Waals surface area contributed by atoms with Crippen LogP contribution >= 0.6 is 0 Å². The zero-order valence-corrected chi connectivity index (χ0v) is 17.4. The van der Waals surface area contributed by atoms with Crippen LogP contribution in [0, 0.1) is 6.92 Å². The lowest BCUT2D eigenvalue weighted by atomic mass is 9.95. The summed E-state index contributed by atoms with van der Waals surface area (Å²) in [6.07, 6.45) is 10.2. The first kappa shape index (κ1) is 18.6. The molecule has 1 saturated carbocycles. The van der Waals surface area contributed by atoms with Crippen molar-refractivity contribution in [3.63, 3.8) is 0 Å². The van der Waals surface area contributed by atoms with Crippen LogP contribution in [-0.2, 0) is 4.74 Å². The molecule has 0 unspecified atom stereocenters. The summed E-state index contributed by atoms with van der Waals surface area (Å²) in [6.45, 7) is 9.70. The Morgan fingerprint density at radius 1 is 0.929 bits per heavy atom. The summed E-state index contributed by atoms with van der Waals surface area (Å²) in [5, 5.41) is 0. The van der Waals surface area contributed by atoms with Gasteiger partial charge in [-0.2, -0.15) is 4.98 Å². The van der Waals surface area contributed by atoms with E-state index in [2.05, 4.69) is 27.7 Å². The second kappa shape index (κ2) is 7.79. The van der Waals surface area contributed by atoms with Crippen LogP contribution in [0.5, 0.6) is 0 Å². The Morgan fingerprint density at radius 3 is 2.43 bits per heavy atom. The summed E-state index contributed by atoms with van der Waals surface area (Å²) in [5.74, 6) is 2.06. The molecule has 5 rings (SSSR count). The molecular formula is C22H35N5O. The summed E-state index contributed by atoms with van der Waals surface area (Å²) >= 11 is 0. The van der Waals surface area contributed by atoms with Gasteiger partial charge in [-0.3, -0.25) is 4.90 Å². The predicted molar refractivity (Wildman–Crippen MR) is 112 cm³/mol. The zero-order chi connectivity index (χ0) is 19.0. The van der Waals surface area contributed by atoms with Gasteiger partial charge in [-0.15, -0.1) is 0 Å². The van der Waals surface area contributed by atoms with E-state index in [-0.39, 0.29) is 5.60 Å². The molecule has 0 radical (unpaired) electrons. The van der Waals surface area contributed by atoms with Gasteiger partial charge in [-0.25, -0.2) is 4.98 Å². The molecule has 4 aliphatic rings. The maximum absolute atomic E-state index is 6.24. The predicted octanol–water partition coefficient (Wildman–Crippen LogP) is 3.00. The molecule has 0 amide bonds. The lowest BCUT2D eigenvalue weighted by molar-refractivity contribution is -0.116. The van der Waals surface area contributed by atoms with Gasteiger partial charge >= 0.3 is 0 Å². The van der Waals surface area contributed by atoms with E-state index in [1.807, 2.05) is 0 Å². The molecule has 0 aromatic carbocycles. The summed E-state index contributed by atoms with van der Waals surface area (Å²) in [4.78, 5) is 17.2. The molecule has 4 heterocycles. The Morgan fingerprint density at radius 2 is 1.68 bits per heavy atom. The third-order valence-corrected chi connectivity index (χ3v) is 7.32.